The van der Waals surface area contributed by atoms with Crippen molar-refractivity contribution in [2.24, 2.45) is 0 Å². The van der Waals surface area contributed by atoms with Crippen molar-refractivity contribution in [1.29, 1.82) is 0 Å². The van der Waals surface area contributed by atoms with E-state index in [0.29, 0.717) is 0 Å². The minimum Gasteiger partial charge on any atom is -0.393 e. The van der Waals surface area contributed by atoms with E-state index in [1.54, 1.807) is 0 Å². The maximum atomic E-state index is 9.58. The highest BCUT2D eigenvalue weighted by molar-refractivity contribution is 5.60. The SMILES string of the molecule is CCC(O)Cc1c[nH]c(-c2ccccc2)c1. The van der Waals surface area contributed by atoms with Crippen molar-refractivity contribution in [2.45, 2.75) is 25.9 Å². The number of hydrogen-bond donors (Lipinski definition) is 2. The van der Waals surface area contributed by atoms with Gasteiger partial charge in [0, 0.05) is 11.9 Å². The Bertz CT molecular complexity index is 433. The van der Waals surface area contributed by atoms with E-state index < -0.39 is 0 Å². The number of aromatic amines is 1. The topological polar surface area (TPSA) is 36.0 Å². The molecule has 2 aromatic rings. The number of aromatic nitrogens is 1. The first-order valence-electron chi connectivity index (χ1n) is 5.70. The molecule has 0 fully saturated rings. The van der Waals surface area contributed by atoms with Gasteiger partial charge in [-0.25, -0.2) is 0 Å². The molecular weight excluding hydrogens is 198 g/mol. The first kappa shape index (κ1) is 11.0. The second kappa shape index (κ2) is 4.99. The number of nitrogens with one attached hydrogen (secondary N) is 1. The van der Waals surface area contributed by atoms with Crippen molar-refractivity contribution < 1.29 is 5.11 Å². The quantitative estimate of drug-likeness (QED) is 0.808. The van der Waals surface area contributed by atoms with Crippen LogP contribution in [0.5, 0.6) is 0 Å². The summed E-state index contributed by atoms with van der Waals surface area (Å²) in [5, 5.41) is 9.58. The van der Waals surface area contributed by atoms with Crippen molar-refractivity contribution in [2.75, 3.05) is 0 Å². The second-order valence-corrected chi connectivity index (χ2v) is 4.05. The average molecular weight is 215 g/mol. The third-order valence-corrected chi connectivity index (χ3v) is 2.77. The number of hydrogen-bond acceptors (Lipinski definition) is 1. The zero-order valence-electron chi connectivity index (χ0n) is 9.48. The number of aliphatic hydroxyl groups is 1. The third-order valence-electron chi connectivity index (χ3n) is 2.77. The minimum absolute atomic E-state index is 0.237. The van der Waals surface area contributed by atoms with Crippen LogP contribution >= 0.6 is 0 Å². The maximum absolute atomic E-state index is 9.58. The first-order valence-corrected chi connectivity index (χ1v) is 5.70. The molecular formula is C14H17NO. The molecule has 0 saturated carbocycles. The van der Waals surface area contributed by atoms with E-state index >= 15 is 0 Å². The van der Waals surface area contributed by atoms with Crippen LogP contribution in [0.25, 0.3) is 11.3 Å². The summed E-state index contributed by atoms with van der Waals surface area (Å²) in [5.41, 5.74) is 3.45. The van der Waals surface area contributed by atoms with Gasteiger partial charge in [0.25, 0.3) is 0 Å². The van der Waals surface area contributed by atoms with E-state index in [4.69, 9.17) is 0 Å². The van der Waals surface area contributed by atoms with Crippen LogP contribution < -0.4 is 0 Å². The van der Waals surface area contributed by atoms with E-state index in [-0.39, 0.29) is 6.10 Å². The molecule has 0 spiro atoms. The molecule has 2 rings (SSSR count). The Balaban J connectivity index is 2.14. The van der Waals surface area contributed by atoms with E-state index in [2.05, 4.69) is 23.2 Å². The fourth-order valence-electron chi connectivity index (χ4n) is 1.76. The van der Waals surface area contributed by atoms with E-state index in [1.165, 1.54) is 5.56 Å². The predicted molar refractivity (Wildman–Crippen MR) is 66.2 cm³/mol. The highest BCUT2D eigenvalue weighted by Gasteiger charge is 2.05. The zero-order valence-corrected chi connectivity index (χ0v) is 9.48. The molecule has 0 saturated heterocycles. The molecule has 1 aromatic carbocycles. The Morgan fingerprint density at radius 3 is 2.69 bits per heavy atom. The average Bonchev–Trinajstić information content (AvgIpc) is 2.78. The molecule has 1 unspecified atom stereocenters. The summed E-state index contributed by atoms with van der Waals surface area (Å²) in [6, 6.07) is 12.3. The Kier molecular flexibility index (Phi) is 3.42. The second-order valence-electron chi connectivity index (χ2n) is 4.05. The van der Waals surface area contributed by atoms with Crippen LogP contribution in [0.15, 0.2) is 42.6 Å². The molecule has 16 heavy (non-hydrogen) atoms. The standard InChI is InChI=1S/C14H17NO/c1-2-13(16)8-11-9-14(15-10-11)12-6-4-3-5-7-12/h3-7,9-10,13,15-16H,2,8H2,1H3. The molecule has 0 aliphatic carbocycles. The molecule has 1 heterocycles. The van der Waals surface area contributed by atoms with Crippen LogP contribution in [0.2, 0.25) is 0 Å². The van der Waals surface area contributed by atoms with Gasteiger partial charge in [-0.1, -0.05) is 37.3 Å². The van der Waals surface area contributed by atoms with Crippen LogP contribution in [0.1, 0.15) is 18.9 Å². The fraction of sp³-hybridized carbons (Fsp3) is 0.286. The molecule has 0 aliphatic rings. The lowest BCUT2D eigenvalue weighted by Gasteiger charge is -2.04. The van der Waals surface area contributed by atoms with Crippen molar-refractivity contribution in [1.82, 2.24) is 4.98 Å². The molecule has 1 aromatic heterocycles. The number of aliphatic hydroxyl groups excluding tert-OH is 1. The van der Waals surface area contributed by atoms with Crippen LogP contribution in [0.3, 0.4) is 0 Å². The van der Waals surface area contributed by atoms with Crippen molar-refractivity contribution in [3.8, 4) is 11.3 Å². The summed E-state index contributed by atoms with van der Waals surface area (Å²) < 4.78 is 0. The van der Waals surface area contributed by atoms with Gasteiger partial charge in [-0.3, -0.25) is 0 Å². The fourth-order valence-corrected chi connectivity index (χ4v) is 1.76. The van der Waals surface area contributed by atoms with E-state index in [9.17, 15) is 5.11 Å². The Hall–Kier alpha value is -1.54. The lowest BCUT2D eigenvalue weighted by atomic mass is 10.1. The lowest BCUT2D eigenvalue weighted by molar-refractivity contribution is 0.171. The van der Waals surface area contributed by atoms with E-state index in [1.807, 2.05) is 31.3 Å². The van der Waals surface area contributed by atoms with Gasteiger partial charge in [-0.2, -0.15) is 0 Å². The molecule has 84 valence electrons. The van der Waals surface area contributed by atoms with Gasteiger partial charge in [0.05, 0.1) is 6.10 Å². The number of rotatable bonds is 4. The van der Waals surface area contributed by atoms with Crippen LogP contribution in [0.4, 0.5) is 0 Å². The van der Waals surface area contributed by atoms with Gasteiger partial charge in [0.15, 0.2) is 0 Å². The molecule has 0 radical (unpaired) electrons. The Morgan fingerprint density at radius 2 is 2.00 bits per heavy atom. The van der Waals surface area contributed by atoms with Crippen LogP contribution in [0, 0.1) is 0 Å². The van der Waals surface area contributed by atoms with Crippen molar-refractivity contribution in [3.05, 3.63) is 48.2 Å². The molecule has 2 nitrogen and oxygen atoms in total. The summed E-state index contributed by atoms with van der Waals surface area (Å²) in [6.07, 6.45) is 3.26. The van der Waals surface area contributed by atoms with Crippen molar-refractivity contribution in [3.63, 3.8) is 0 Å². The summed E-state index contributed by atoms with van der Waals surface area (Å²) in [6.45, 7) is 2.00. The number of H-pyrrole nitrogens is 1. The molecule has 2 heteroatoms. The molecule has 0 amide bonds. The maximum Gasteiger partial charge on any atom is 0.0578 e. The van der Waals surface area contributed by atoms with Gasteiger partial charge in [-0.15, -0.1) is 0 Å². The summed E-state index contributed by atoms with van der Waals surface area (Å²) in [5.74, 6) is 0. The van der Waals surface area contributed by atoms with Gasteiger partial charge in [0.2, 0.25) is 0 Å². The molecule has 1 atom stereocenters. The summed E-state index contributed by atoms with van der Waals surface area (Å²) in [4.78, 5) is 3.24. The predicted octanol–water partition coefficient (Wildman–Crippen LogP) is 3.00. The van der Waals surface area contributed by atoms with Crippen LogP contribution in [-0.4, -0.2) is 16.2 Å². The highest BCUT2D eigenvalue weighted by Crippen LogP contribution is 2.19. The minimum atomic E-state index is -0.237. The number of benzene rings is 1. The van der Waals surface area contributed by atoms with E-state index in [0.717, 1.165) is 24.1 Å². The van der Waals surface area contributed by atoms with Crippen molar-refractivity contribution >= 4 is 0 Å². The molecule has 2 N–H and O–H groups in total. The Morgan fingerprint density at radius 1 is 1.25 bits per heavy atom. The smallest absolute Gasteiger partial charge is 0.0578 e. The molecule has 0 bridgehead atoms. The molecule has 0 aliphatic heterocycles. The van der Waals surface area contributed by atoms with Crippen LogP contribution in [-0.2, 0) is 6.42 Å². The van der Waals surface area contributed by atoms with Gasteiger partial charge in [-0.05, 0) is 30.0 Å². The summed E-state index contributed by atoms with van der Waals surface area (Å²) in [7, 11) is 0. The van der Waals surface area contributed by atoms with Gasteiger partial charge in [0.1, 0.15) is 0 Å². The lowest BCUT2D eigenvalue weighted by Crippen LogP contribution is -2.07. The third kappa shape index (κ3) is 2.52. The highest BCUT2D eigenvalue weighted by atomic mass is 16.3. The van der Waals surface area contributed by atoms with Gasteiger partial charge < -0.3 is 10.1 Å². The largest absolute Gasteiger partial charge is 0.393 e. The summed E-state index contributed by atoms with van der Waals surface area (Å²) >= 11 is 0. The normalized spacial score (nSPS) is 12.6. The monoisotopic (exact) mass is 215 g/mol. The van der Waals surface area contributed by atoms with Gasteiger partial charge >= 0.3 is 0 Å². The Labute approximate surface area is 96.0 Å². The zero-order chi connectivity index (χ0) is 11.4. The first-order chi connectivity index (χ1) is 7.79.